The third-order valence-corrected chi connectivity index (χ3v) is 4.73. The first-order valence-corrected chi connectivity index (χ1v) is 7.80. The third kappa shape index (κ3) is 3.06. The summed E-state index contributed by atoms with van der Waals surface area (Å²) in [5, 5.41) is 0. The average Bonchev–Trinajstić information content (AvgIpc) is 3.16. The van der Waals surface area contributed by atoms with Crippen molar-refractivity contribution in [2.45, 2.75) is 58.0 Å². The number of hydrogen-bond donors (Lipinski definition) is 1. The Morgan fingerprint density at radius 3 is 2.28 bits per heavy atom. The maximum atomic E-state index is 6.17. The van der Waals surface area contributed by atoms with Gasteiger partial charge in [-0.25, -0.2) is 0 Å². The van der Waals surface area contributed by atoms with Crippen LogP contribution >= 0.6 is 0 Å². The second kappa shape index (κ2) is 5.89. The lowest BCUT2D eigenvalue weighted by Crippen LogP contribution is -2.60. The number of likely N-dealkylation sites (N-methyl/N-ethyl adjacent to an activating group) is 1. The minimum atomic E-state index is 0.309. The first-order chi connectivity index (χ1) is 8.61. The minimum absolute atomic E-state index is 0.309. The van der Waals surface area contributed by atoms with Gasteiger partial charge < -0.3 is 10.6 Å². The molecule has 0 aromatic heterocycles. The second-order valence-corrected chi connectivity index (χ2v) is 6.64. The number of hydrogen-bond acceptors (Lipinski definition) is 3. The molecule has 1 aliphatic heterocycles. The van der Waals surface area contributed by atoms with Gasteiger partial charge in [0.05, 0.1) is 0 Å². The minimum Gasteiger partial charge on any atom is -0.329 e. The molecule has 3 heteroatoms. The van der Waals surface area contributed by atoms with Gasteiger partial charge in [-0.05, 0) is 51.2 Å². The van der Waals surface area contributed by atoms with E-state index in [0.717, 1.165) is 18.5 Å². The number of rotatable bonds is 6. The maximum Gasteiger partial charge on any atom is 0.0358 e. The summed E-state index contributed by atoms with van der Waals surface area (Å²) in [5.74, 6) is 0.779. The number of likely N-dealkylation sites (tertiary alicyclic amines) is 1. The van der Waals surface area contributed by atoms with Crippen molar-refractivity contribution in [3.05, 3.63) is 0 Å². The molecule has 1 saturated heterocycles. The molecule has 3 nitrogen and oxygen atoms in total. The molecule has 0 aromatic carbocycles. The van der Waals surface area contributed by atoms with Gasteiger partial charge in [-0.15, -0.1) is 0 Å². The Kier molecular flexibility index (Phi) is 4.68. The number of nitrogens with zero attached hydrogens (tertiary/aromatic N) is 2. The van der Waals surface area contributed by atoms with Gasteiger partial charge in [0.1, 0.15) is 0 Å². The lowest BCUT2D eigenvalue weighted by Gasteiger charge is -2.49. The van der Waals surface area contributed by atoms with Crippen molar-refractivity contribution in [1.82, 2.24) is 9.80 Å². The normalized spacial score (nSPS) is 25.0. The molecule has 0 amide bonds. The molecule has 18 heavy (non-hydrogen) atoms. The first-order valence-electron chi connectivity index (χ1n) is 7.80. The topological polar surface area (TPSA) is 32.5 Å². The predicted octanol–water partition coefficient (Wildman–Crippen LogP) is 1.92. The van der Waals surface area contributed by atoms with Gasteiger partial charge >= 0.3 is 0 Å². The van der Waals surface area contributed by atoms with Crippen molar-refractivity contribution in [2.75, 3.05) is 32.7 Å². The summed E-state index contributed by atoms with van der Waals surface area (Å²) in [6.07, 6.45) is 5.32. The van der Waals surface area contributed by atoms with Crippen molar-refractivity contribution in [3.8, 4) is 0 Å². The fraction of sp³-hybridized carbons (Fsp3) is 1.00. The second-order valence-electron chi connectivity index (χ2n) is 6.64. The van der Waals surface area contributed by atoms with Crippen LogP contribution in [0, 0.1) is 5.92 Å². The Morgan fingerprint density at radius 2 is 1.89 bits per heavy atom. The van der Waals surface area contributed by atoms with Crippen LogP contribution in [0.2, 0.25) is 0 Å². The highest BCUT2D eigenvalue weighted by molar-refractivity contribution is 5.01. The third-order valence-electron chi connectivity index (χ3n) is 4.73. The van der Waals surface area contributed by atoms with Crippen molar-refractivity contribution in [2.24, 2.45) is 11.7 Å². The molecule has 2 N–H and O–H groups in total. The molecule has 0 spiro atoms. The van der Waals surface area contributed by atoms with E-state index in [2.05, 4.69) is 30.6 Å². The zero-order valence-electron chi connectivity index (χ0n) is 12.5. The van der Waals surface area contributed by atoms with Crippen LogP contribution in [0.1, 0.15) is 46.5 Å². The van der Waals surface area contributed by atoms with E-state index in [9.17, 15) is 0 Å². The molecule has 0 aromatic rings. The summed E-state index contributed by atoms with van der Waals surface area (Å²) < 4.78 is 0. The predicted molar refractivity (Wildman–Crippen MR) is 77.7 cm³/mol. The summed E-state index contributed by atoms with van der Waals surface area (Å²) in [6.45, 7) is 12.7. The Balaban J connectivity index is 1.94. The van der Waals surface area contributed by atoms with Crippen molar-refractivity contribution >= 4 is 0 Å². The molecule has 2 aliphatic rings. The molecular weight excluding hydrogens is 222 g/mol. The molecule has 2 rings (SSSR count). The van der Waals surface area contributed by atoms with Gasteiger partial charge in [0.15, 0.2) is 0 Å². The van der Waals surface area contributed by atoms with Gasteiger partial charge in [-0.2, -0.15) is 0 Å². The Bertz CT molecular complexity index is 252. The lowest BCUT2D eigenvalue weighted by atomic mass is 9.85. The molecule has 1 aliphatic carbocycles. The first kappa shape index (κ1) is 14.3. The summed E-state index contributed by atoms with van der Waals surface area (Å²) in [4.78, 5) is 5.35. The van der Waals surface area contributed by atoms with Crippen molar-refractivity contribution in [3.63, 3.8) is 0 Å². The summed E-state index contributed by atoms with van der Waals surface area (Å²) >= 11 is 0. The highest BCUT2D eigenvalue weighted by Crippen LogP contribution is 2.37. The highest BCUT2D eigenvalue weighted by atomic mass is 15.3. The van der Waals surface area contributed by atoms with Crippen molar-refractivity contribution in [1.29, 1.82) is 0 Å². The van der Waals surface area contributed by atoms with Crippen molar-refractivity contribution < 1.29 is 0 Å². The van der Waals surface area contributed by atoms with Gasteiger partial charge in [-0.1, -0.05) is 20.8 Å². The summed E-state index contributed by atoms with van der Waals surface area (Å²) in [5.41, 5.74) is 6.48. The molecule has 0 unspecified atom stereocenters. The van der Waals surface area contributed by atoms with Crippen LogP contribution in [-0.2, 0) is 0 Å². The fourth-order valence-corrected chi connectivity index (χ4v) is 3.64. The van der Waals surface area contributed by atoms with E-state index in [4.69, 9.17) is 5.73 Å². The Morgan fingerprint density at radius 1 is 1.28 bits per heavy atom. The van der Waals surface area contributed by atoms with E-state index >= 15 is 0 Å². The van der Waals surface area contributed by atoms with Gasteiger partial charge in [-0.3, -0.25) is 4.90 Å². The maximum absolute atomic E-state index is 6.17. The number of piperidine rings is 1. The Labute approximate surface area is 113 Å². The monoisotopic (exact) mass is 253 g/mol. The van der Waals surface area contributed by atoms with E-state index in [1.807, 2.05) is 0 Å². The van der Waals surface area contributed by atoms with E-state index < -0.39 is 0 Å². The zero-order valence-corrected chi connectivity index (χ0v) is 12.5. The molecule has 2 fully saturated rings. The SMILES string of the molecule is CCN(C1CC1)C1(CN)CCN(CC(C)C)CC1. The molecular formula is C15H31N3. The average molecular weight is 253 g/mol. The molecule has 1 heterocycles. The lowest BCUT2D eigenvalue weighted by molar-refractivity contribution is 0.0212. The zero-order chi connectivity index (χ0) is 13.2. The van der Waals surface area contributed by atoms with E-state index in [0.29, 0.717) is 5.54 Å². The van der Waals surface area contributed by atoms with Crippen LogP contribution in [0.5, 0.6) is 0 Å². The number of nitrogens with two attached hydrogens (primary N) is 1. The van der Waals surface area contributed by atoms with Crippen LogP contribution in [-0.4, -0.2) is 54.1 Å². The highest BCUT2D eigenvalue weighted by Gasteiger charge is 2.44. The molecule has 0 atom stereocenters. The quantitative estimate of drug-likeness (QED) is 0.785. The molecule has 0 radical (unpaired) electrons. The van der Waals surface area contributed by atoms with Gasteiger partial charge in [0.2, 0.25) is 0 Å². The summed E-state index contributed by atoms with van der Waals surface area (Å²) in [7, 11) is 0. The fourth-order valence-electron chi connectivity index (χ4n) is 3.64. The van der Waals surface area contributed by atoms with Gasteiger partial charge in [0.25, 0.3) is 0 Å². The molecule has 0 bridgehead atoms. The van der Waals surface area contributed by atoms with E-state index in [-0.39, 0.29) is 0 Å². The van der Waals surface area contributed by atoms with Crippen LogP contribution in [0.3, 0.4) is 0 Å². The smallest absolute Gasteiger partial charge is 0.0358 e. The van der Waals surface area contributed by atoms with E-state index in [1.54, 1.807) is 0 Å². The standard InChI is InChI=1S/C15H31N3/c1-4-18(14-5-6-14)15(12-16)7-9-17(10-8-15)11-13(2)3/h13-14H,4-12,16H2,1-3H3. The summed E-state index contributed by atoms with van der Waals surface area (Å²) in [6, 6.07) is 0.843. The van der Waals surface area contributed by atoms with E-state index in [1.165, 1.54) is 51.9 Å². The van der Waals surface area contributed by atoms with Crippen LogP contribution in [0.25, 0.3) is 0 Å². The van der Waals surface area contributed by atoms with Crippen LogP contribution in [0.4, 0.5) is 0 Å². The Hall–Kier alpha value is -0.120. The van der Waals surface area contributed by atoms with Crippen LogP contribution < -0.4 is 5.73 Å². The van der Waals surface area contributed by atoms with Crippen LogP contribution in [0.15, 0.2) is 0 Å². The molecule has 1 saturated carbocycles. The largest absolute Gasteiger partial charge is 0.329 e. The molecule has 106 valence electrons. The van der Waals surface area contributed by atoms with Gasteiger partial charge in [0, 0.05) is 24.7 Å².